The van der Waals surface area contributed by atoms with Crippen LogP contribution in [0.25, 0.3) is 0 Å². The number of rotatable bonds is 11. The molecule has 0 bridgehead atoms. The van der Waals surface area contributed by atoms with Gasteiger partial charge in [-0.15, -0.1) is 0 Å². The van der Waals surface area contributed by atoms with Gasteiger partial charge in [-0.3, -0.25) is 13.9 Å². The molecule has 1 atom stereocenters. The van der Waals surface area contributed by atoms with Crippen LogP contribution in [-0.2, 0) is 26.2 Å². The van der Waals surface area contributed by atoms with E-state index in [1.54, 1.807) is 18.2 Å². The predicted octanol–water partition coefficient (Wildman–Crippen LogP) is 5.52. The fourth-order valence-corrected chi connectivity index (χ4v) is 5.69. The minimum absolute atomic E-state index is 0.0121. The molecule has 0 aliphatic rings. The van der Waals surface area contributed by atoms with E-state index in [0.29, 0.717) is 6.42 Å². The maximum Gasteiger partial charge on any atom is 0.264 e. The van der Waals surface area contributed by atoms with Crippen LogP contribution in [0.3, 0.4) is 0 Å². The molecule has 0 saturated heterocycles. The SMILES string of the molecule is CC[C@H](C(=O)NC(C)C)N(Cc1ccccc1)C(=O)CN(c1ccc(Cl)c(Cl)c1)S(=O)(=O)c1ccccc1. The number of benzene rings is 3. The Hall–Kier alpha value is -3.07. The summed E-state index contributed by atoms with van der Waals surface area (Å²) in [6.45, 7) is 5.07. The van der Waals surface area contributed by atoms with E-state index in [1.807, 2.05) is 51.1 Å². The molecule has 3 aromatic carbocycles. The van der Waals surface area contributed by atoms with Gasteiger partial charge in [0.25, 0.3) is 10.0 Å². The quantitative estimate of drug-likeness (QED) is 0.326. The Morgan fingerprint density at radius 1 is 0.895 bits per heavy atom. The summed E-state index contributed by atoms with van der Waals surface area (Å²) in [6, 6.07) is 20.5. The first-order valence-electron chi connectivity index (χ1n) is 12.2. The largest absolute Gasteiger partial charge is 0.352 e. The van der Waals surface area contributed by atoms with Crippen LogP contribution in [0, 0.1) is 0 Å². The van der Waals surface area contributed by atoms with Crippen molar-refractivity contribution in [3.8, 4) is 0 Å². The van der Waals surface area contributed by atoms with Crippen molar-refractivity contribution in [1.82, 2.24) is 10.2 Å². The lowest BCUT2D eigenvalue weighted by molar-refractivity contribution is -0.140. The molecule has 0 aliphatic carbocycles. The molecule has 0 fully saturated rings. The first-order chi connectivity index (χ1) is 18.0. The van der Waals surface area contributed by atoms with Gasteiger partial charge in [0.05, 0.1) is 20.6 Å². The summed E-state index contributed by atoms with van der Waals surface area (Å²) in [4.78, 5) is 28.5. The zero-order valence-electron chi connectivity index (χ0n) is 21.5. The first kappa shape index (κ1) is 29.5. The van der Waals surface area contributed by atoms with Crippen LogP contribution < -0.4 is 9.62 Å². The summed E-state index contributed by atoms with van der Waals surface area (Å²) in [5.41, 5.74) is 0.986. The molecule has 0 heterocycles. The van der Waals surface area contributed by atoms with Gasteiger partial charge in [-0.25, -0.2) is 8.42 Å². The second kappa shape index (κ2) is 13.1. The first-order valence-corrected chi connectivity index (χ1v) is 14.4. The molecule has 0 spiro atoms. The average molecular weight is 577 g/mol. The summed E-state index contributed by atoms with van der Waals surface area (Å²) in [7, 11) is -4.17. The van der Waals surface area contributed by atoms with Crippen LogP contribution in [0.15, 0.2) is 83.8 Å². The Morgan fingerprint density at radius 2 is 1.50 bits per heavy atom. The number of hydrogen-bond acceptors (Lipinski definition) is 4. The fourth-order valence-electron chi connectivity index (χ4n) is 3.97. The topological polar surface area (TPSA) is 86.8 Å². The molecule has 3 rings (SSSR count). The van der Waals surface area contributed by atoms with Gasteiger partial charge in [-0.1, -0.05) is 78.7 Å². The molecule has 10 heteroatoms. The Bertz CT molecular complexity index is 1350. The summed E-state index contributed by atoms with van der Waals surface area (Å²) in [5.74, 6) is -0.844. The Labute approximate surface area is 234 Å². The summed E-state index contributed by atoms with van der Waals surface area (Å²) in [5, 5.41) is 3.27. The highest BCUT2D eigenvalue weighted by atomic mass is 35.5. The lowest BCUT2D eigenvalue weighted by atomic mass is 10.1. The highest BCUT2D eigenvalue weighted by molar-refractivity contribution is 7.92. The third-order valence-corrected chi connectivity index (χ3v) is 8.34. The molecule has 202 valence electrons. The molecule has 7 nitrogen and oxygen atoms in total. The Balaban J connectivity index is 2.06. The molecule has 0 radical (unpaired) electrons. The number of nitrogens with one attached hydrogen (secondary N) is 1. The third kappa shape index (κ3) is 7.28. The zero-order chi connectivity index (χ0) is 27.9. The van der Waals surface area contributed by atoms with Gasteiger partial charge in [0.1, 0.15) is 12.6 Å². The number of nitrogens with zero attached hydrogens (tertiary/aromatic N) is 2. The van der Waals surface area contributed by atoms with Crippen molar-refractivity contribution >= 4 is 50.7 Å². The molecular formula is C28H31Cl2N3O4S. The van der Waals surface area contributed by atoms with Crippen molar-refractivity contribution in [2.75, 3.05) is 10.8 Å². The summed E-state index contributed by atoms with van der Waals surface area (Å²) < 4.78 is 28.5. The van der Waals surface area contributed by atoms with Crippen molar-refractivity contribution in [1.29, 1.82) is 0 Å². The molecular weight excluding hydrogens is 545 g/mol. The number of amides is 2. The van der Waals surface area contributed by atoms with Crippen molar-refractivity contribution < 1.29 is 18.0 Å². The molecule has 0 aromatic heterocycles. The van der Waals surface area contributed by atoms with Crippen LogP contribution in [0.1, 0.15) is 32.8 Å². The van der Waals surface area contributed by atoms with Gasteiger partial charge in [0.15, 0.2) is 0 Å². The van der Waals surface area contributed by atoms with E-state index in [2.05, 4.69) is 5.32 Å². The maximum atomic E-state index is 13.9. The Kier molecular flexibility index (Phi) is 10.2. The number of carbonyl (C=O) groups is 2. The standard InChI is InChI=1S/C28H31Cl2N3O4S/c1-4-26(28(35)31-20(2)3)32(18-21-11-7-5-8-12-21)27(34)19-33(22-15-16-24(29)25(30)17-22)38(36,37)23-13-9-6-10-14-23/h5-17,20,26H,4,18-19H2,1-3H3,(H,31,35)/t26-/m1/s1. The van der Waals surface area contributed by atoms with Gasteiger partial charge in [-0.05, 0) is 56.2 Å². The van der Waals surface area contributed by atoms with E-state index in [0.717, 1.165) is 9.87 Å². The van der Waals surface area contributed by atoms with Crippen LogP contribution in [-0.4, -0.2) is 43.8 Å². The highest BCUT2D eigenvalue weighted by Crippen LogP contribution is 2.31. The van der Waals surface area contributed by atoms with E-state index < -0.39 is 28.5 Å². The zero-order valence-corrected chi connectivity index (χ0v) is 23.8. The highest BCUT2D eigenvalue weighted by Gasteiger charge is 2.34. The molecule has 38 heavy (non-hydrogen) atoms. The number of anilines is 1. The molecule has 2 amide bonds. The van der Waals surface area contributed by atoms with Gasteiger partial charge < -0.3 is 10.2 Å². The lowest BCUT2D eigenvalue weighted by Crippen LogP contribution is -2.53. The summed E-state index contributed by atoms with van der Waals surface area (Å²) in [6.07, 6.45) is 0.343. The monoisotopic (exact) mass is 575 g/mol. The van der Waals surface area contributed by atoms with Crippen LogP contribution in [0.2, 0.25) is 10.0 Å². The number of carbonyl (C=O) groups excluding carboxylic acids is 2. The second-order valence-electron chi connectivity index (χ2n) is 9.02. The van der Waals surface area contributed by atoms with Crippen LogP contribution in [0.5, 0.6) is 0 Å². The number of halogens is 2. The van der Waals surface area contributed by atoms with Crippen molar-refractivity contribution in [3.63, 3.8) is 0 Å². The van der Waals surface area contributed by atoms with Crippen molar-refractivity contribution in [2.45, 2.75) is 50.7 Å². The molecule has 0 unspecified atom stereocenters. The van der Waals surface area contributed by atoms with Crippen molar-refractivity contribution in [2.24, 2.45) is 0 Å². The minimum atomic E-state index is -4.17. The van der Waals surface area contributed by atoms with E-state index in [4.69, 9.17) is 23.2 Å². The van der Waals surface area contributed by atoms with E-state index in [1.165, 1.54) is 35.2 Å². The van der Waals surface area contributed by atoms with Gasteiger partial charge in [-0.2, -0.15) is 0 Å². The number of sulfonamides is 1. The average Bonchev–Trinajstić information content (AvgIpc) is 2.89. The second-order valence-corrected chi connectivity index (χ2v) is 11.7. The normalized spacial score (nSPS) is 12.2. The van der Waals surface area contributed by atoms with Gasteiger partial charge in [0.2, 0.25) is 11.8 Å². The van der Waals surface area contributed by atoms with E-state index in [-0.39, 0.29) is 39.1 Å². The third-order valence-electron chi connectivity index (χ3n) is 5.81. The smallest absolute Gasteiger partial charge is 0.264 e. The maximum absolute atomic E-state index is 13.9. The van der Waals surface area contributed by atoms with Crippen LogP contribution >= 0.6 is 23.2 Å². The molecule has 0 saturated carbocycles. The van der Waals surface area contributed by atoms with Crippen LogP contribution in [0.4, 0.5) is 5.69 Å². The lowest BCUT2D eigenvalue weighted by Gasteiger charge is -2.33. The predicted molar refractivity (Wildman–Crippen MR) is 152 cm³/mol. The minimum Gasteiger partial charge on any atom is -0.352 e. The van der Waals surface area contributed by atoms with E-state index in [9.17, 15) is 18.0 Å². The van der Waals surface area contributed by atoms with Gasteiger partial charge >= 0.3 is 0 Å². The molecule has 3 aromatic rings. The van der Waals surface area contributed by atoms with Crippen molar-refractivity contribution in [3.05, 3.63) is 94.5 Å². The summed E-state index contributed by atoms with van der Waals surface area (Å²) >= 11 is 12.3. The molecule has 1 N–H and O–H groups in total. The Morgan fingerprint density at radius 3 is 2.05 bits per heavy atom. The number of hydrogen-bond donors (Lipinski definition) is 1. The fraction of sp³-hybridized carbons (Fsp3) is 0.286. The molecule has 0 aliphatic heterocycles. The van der Waals surface area contributed by atoms with Gasteiger partial charge in [0, 0.05) is 12.6 Å². The van der Waals surface area contributed by atoms with E-state index >= 15 is 0 Å².